The molecule has 1 aliphatic carbocycles. The molecule has 2 N–H and O–H groups in total. The molecule has 1 aromatic carbocycles. The summed E-state index contributed by atoms with van der Waals surface area (Å²) in [5.41, 5.74) is 2.29. The average Bonchev–Trinajstić information content (AvgIpc) is 3.21. The van der Waals surface area contributed by atoms with Gasteiger partial charge in [-0.1, -0.05) is 24.3 Å². The number of rotatable bonds is 6. The number of nitrogens with one attached hydrogen (secondary N) is 2. The monoisotopic (exact) mass is 290 g/mol. The summed E-state index contributed by atoms with van der Waals surface area (Å²) in [6.07, 6.45) is 2.32. The fraction of sp³-hybridized carbons (Fsp3) is 0.588. The number of hydrogen-bond acceptors (Lipinski definition) is 3. The molecule has 0 heterocycles. The molecular weight excluding hydrogens is 264 g/mol. The number of ether oxygens (including phenoxy) is 1. The molecule has 116 valence electrons. The lowest BCUT2D eigenvalue weighted by atomic mass is 10.1. The van der Waals surface area contributed by atoms with Crippen molar-refractivity contribution in [3.05, 3.63) is 35.4 Å². The zero-order valence-corrected chi connectivity index (χ0v) is 13.2. The van der Waals surface area contributed by atoms with Gasteiger partial charge in [-0.05, 0) is 50.7 Å². The lowest BCUT2D eigenvalue weighted by molar-refractivity contribution is 0.0528. The van der Waals surface area contributed by atoms with Crippen LogP contribution in [0.1, 0.15) is 50.7 Å². The standard InChI is InChI=1S/C17H26N2O2/c1-17(2,3)21-16(20)19-11-10-18-12-13-4-6-14(7-5-13)15-8-9-15/h4-7,15,18H,8-12H2,1-3H3,(H,19,20). The molecule has 4 nitrogen and oxygen atoms in total. The van der Waals surface area contributed by atoms with Crippen LogP contribution >= 0.6 is 0 Å². The minimum Gasteiger partial charge on any atom is -0.444 e. The van der Waals surface area contributed by atoms with E-state index in [2.05, 4.69) is 34.9 Å². The molecule has 1 amide bonds. The number of carbonyl (C=O) groups is 1. The van der Waals surface area contributed by atoms with Crippen LogP contribution in [0.4, 0.5) is 4.79 Å². The predicted octanol–water partition coefficient (Wildman–Crippen LogP) is 3.18. The number of amides is 1. The smallest absolute Gasteiger partial charge is 0.407 e. The fourth-order valence-electron chi connectivity index (χ4n) is 2.12. The fourth-order valence-corrected chi connectivity index (χ4v) is 2.12. The summed E-state index contributed by atoms with van der Waals surface area (Å²) in [6.45, 7) is 7.68. The Morgan fingerprint density at radius 1 is 1.19 bits per heavy atom. The molecule has 0 spiro atoms. The second-order valence-electron chi connectivity index (χ2n) is 6.62. The zero-order valence-electron chi connectivity index (χ0n) is 13.2. The van der Waals surface area contributed by atoms with Gasteiger partial charge in [0.25, 0.3) is 0 Å². The predicted molar refractivity (Wildman–Crippen MR) is 84.4 cm³/mol. The Bertz CT molecular complexity index is 459. The zero-order chi connectivity index (χ0) is 15.3. The maximum Gasteiger partial charge on any atom is 0.407 e. The number of benzene rings is 1. The van der Waals surface area contributed by atoms with E-state index in [-0.39, 0.29) is 6.09 Å². The second-order valence-corrected chi connectivity index (χ2v) is 6.62. The third kappa shape index (κ3) is 6.17. The van der Waals surface area contributed by atoms with Crippen LogP contribution in [0.3, 0.4) is 0 Å². The Labute approximate surface area is 127 Å². The molecule has 0 unspecified atom stereocenters. The topological polar surface area (TPSA) is 50.4 Å². The van der Waals surface area contributed by atoms with E-state index in [9.17, 15) is 4.79 Å². The molecule has 1 aromatic rings. The second kappa shape index (κ2) is 6.94. The van der Waals surface area contributed by atoms with Crippen LogP contribution in [-0.2, 0) is 11.3 Å². The van der Waals surface area contributed by atoms with Crippen molar-refractivity contribution in [2.45, 2.75) is 51.7 Å². The van der Waals surface area contributed by atoms with Gasteiger partial charge in [0.2, 0.25) is 0 Å². The highest BCUT2D eigenvalue weighted by Crippen LogP contribution is 2.39. The molecule has 0 bridgehead atoms. The first kappa shape index (κ1) is 15.8. The molecule has 21 heavy (non-hydrogen) atoms. The third-order valence-electron chi connectivity index (χ3n) is 3.33. The van der Waals surface area contributed by atoms with Crippen molar-refractivity contribution >= 4 is 6.09 Å². The van der Waals surface area contributed by atoms with Crippen LogP contribution in [0.15, 0.2) is 24.3 Å². The van der Waals surface area contributed by atoms with Crippen LogP contribution in [-0.4, -0.2) is 24.8 Å². The van der Waals surface area contributed by atoms with Gasteiger partial charge in [0.1, 0.15) is 5.60 Å². The summed E-state index contributed by atoms with van der Waals surface area (Å²) in [5.74, 6) is 0.810. The molecule has 1 fully saturated rings. The largest absolute Gasteiger partial charge is 0.444 e. The number of hydrogen-bond donors (Lipinski definition) is 2. The van der Waals surface area contributed by atoms with Crippen LogP contribution in [0.5, 0.6) is 0 Å². The quantitative estimate of drug-likeness (QED) is 0.791. The molecule has 4 heteroatoms. The minimum atomic E-state index is -0.444. The Hall–Kier alpha value is -1.55. The van der Waals surface area contributed by atoms with E-state index in [1.165, 1.54) is 24.0 Å². The Morgan fingerprint density at radius 3 is 2.43 bits per heavy atom. The maximum atomic E-state index is 11.4. The molecular formula is C17H26N2O2. The van der Waals surface area contributed by atoms with Gasteiger partial charge >= 0.3 is 6.09 Å². The Kier molecular flexibility index (Phi) is 5.23. The molecule has 0 radical (unpaired) electrons. The van der Waals surface area contributed by atoms with Crippen molar-refractivity contribution in [1.29, 1.82) is 0 Å². The van der Waals surface area contributed by atoms with Crippen molar-refractivity contribution in [2.24, 2.45) is 0 Å². The molecule has 2 rings (SSSR count). The maximum absolute atomic E-state index is 11.4. The summed E-state index contributed by atoms with van der Waals surface area (Å²) < 4.78 is 5.17. The van der Waals surface area contributed by atoms with Crippen LogP contribution in [0.2, 0.25) is 0 Å². The summed E-state index contributed by atoms with van der Waals surface area (Å²) in [7, 11) is 0. The average molecular weight is 290 g/mol. The van der Waals surface area contributed by atoms with E-state index < -0.39 is 5.60 Å². The van der Waals surface area contributed by atoms with Gasteiger partial charge < -0.3 is 15.4 Å². The third-order valence-corrected chi connectivity index (χ3v) is 3.33. The van der Waals surface area contributed by atoms with Crippen molar-refractivity contribution in [3.63, 3.8) is 0 Å². The van der Waals surface area contributed by atoms with Gasteiger partial charge in [-0.3, -0.25) is 0 Å². The van der Waals surface area contributed by atoms with E-state index in [0.29, 0.717) is 6.54 Å². The molecule has 0 aromatic heterocycles. The first-order chi connectivity index (χ1) is 9.94. The Morgan fingerprint density at radius 2 is 1.86 bits per heavy atom. The number of carbonyl (C=O) groups excluding carboxylic acids is 1. The highest BCUT2D eigenvalue weighted by Gasteiger charge is 2.22. The van der Waals surface area contributed by atoms with Crippen molar-refractivity contribution in [3.8, 4) is 0 Å². The molecule has 1 saturated carbocycles. The van der Waals surface area contributed by atoms with Gasteiger partial charge in [0.15, 0.2) is 0 Å². The lowest BCUT2D eigenvalue weighted by Crippen LogP contribution is -2.36. The van der Waals surface area contributed by atoms with E-state index in [4.69, 9.17) is 4.74 Å². The minimum absolute atomic E-state index is 0.363. The SMILES string of the molecule is CC(C)(C)OC(=O)NCCNCc1ccc(C2CC2)cc1. The van der Waals surface area contributed by atoms with E-state index in [1.54, 1.807) is 0 Å². The van der Waals surface area contributed by atoms with Gasteiger partial charge in [-0.25, -0.2) is 4.79 Å². The van der Waals surface area contributed by atoms with Crippen LogP contribution < -0.4 is 10.6 Å². The van der Waals surface area contributed by atoms with E-state index in [1.807, 2.05) is 20.8 Å². The van der Waals surface area contributed by atoms with Gasteiger partial charge in [0, 0.05) is 19.6 Å². The molecule has 0 saturated heterocycles. The summed E-state index contributed by atoms with van der Waals surface area (Å²) in [6, 6.07) is 8.82. The van der Waals surface area contributed by atoms with Crippen molar-refractivity contribution in [1.82, 2.24) is 10.6 Å². The van der Waals surface area contributed by atoms with Crippen molar-refractivity contribution < 1.29 is 9.53 Å². The lowest BCUT2D eigenvalue weighted by Gasteiger charge is -2.19. The highest BCUT2D eigenvalue weighted by molar-refractivity contribution is 5.67. The summed E-state index contributed by atoms with van der Waals surface area (Å²) >= 11 is 0. The first-order valence-corrected chi connectivity index (χ1v) is 7.70. The number of alkyl carbamates (subject to hydrolysis) is 1. The van der Waals surface area contributed by atoms with Crippen molar-refractivity contribution in [2.75, 3.05) is 13.1 Å². The van der Waals surface area contributed by atoms with E-state index >= 15 is 0 Å². The normalized spacial score (nSPS) is 14.8. The van der Waals surface area contributed by atoms with Crippen LogP contribution in [0.25, 0.3) is 0 Å². The summed E-state index contributed by atoms with van der Waals surface area (Å²) in [4.78, 5) is 11.4. The molecule has 1 aliphatic rings. The highest BCUT2D eigenvalue weighted by atomic mass is 16.6. The van der Waals surface area contributed by atoms with Gasteiger partial charge in [0.05, 0.1) is 0 Å². The van der Waals surface area contributed by atoms with Gasteiger partial charge in [-0.15, -0.1) is 0 Å². The van der Waals surface area contributed by atoms with E-state index in [0.717, 1.165) is 19.0 Å². The first-order valence-electron chi connectivity index (χ1n) is 7.70. The summed E-state index contributed by atoms with van der Waals surface area (Å²) in [5, 5.41) is 6.05. The Balaban J connectivity index is 1.58. The van der Waals surface area contributed by atoms with Crippen LogP contribution in [0, 0.1) is 0 Å². The molecule has 0 aliphatic heterocycles. The molecule has 0 atom stereocenters. The van der Waals surface area contributed by atoms with Gasteiger partial charge in [-0.2, -0.15) is 0 Å².